The Morgan fingerprint density at radius 3 is 2.31 bits per heavy atom. The molecule has 13 heavy (non-hydrogen) atoms. The summed E-state index contributed by atoms with van der Waals surface area (Å²) in [5, 5.41) is 0. The summed E-state index contributed by atoms with van der Waals surface area (Å²) >= 11 is 0. The Kier molecular flexibility index (Phi) is 2.24. The second kappa shape index (κ2) is 2.94. The van der Waals surface area contributed by atoms with E-state index >= 15 is 0 Å². The van der Waals surface area contributed by atoms with Crippen molar-refractivity contribution in [3.63, 3.8) is 0 Å². The van der Waals surface area contributed by atoms with Crippen LogP contribution in [0.5, 0.6) is 0 Å². The molecule has 1 aliphatic heterocycles. The van der Waals surface area contributed by atoms with Gasteiger partial charge in [-0.2, -0.15) is 0 Å². The van der Waals surface area contributed by atoms with E-state index in [2.05, 4.69) is 4.99 Å². The zero-order valence-corrected chi connectivity index (χ0v) is 8.42. The summed E-state index contributed by atoms with van der Waals surface area (Å²) in [5.41, 5.74) is -0.00669. The van der Waals surface area contributed by atoms with Crippen molar-refractivity contribution in [1.29, 1.82) is 0 Å². The van der Waals surface area contributed by atoms with Crippen molar-refractivity contribution in [1.82, 2.24) is 4.90 Å². The number of carbonyl (C=O) groups is 2. The zero-order chi connectivity index (χ0) is 10.2. The van der Waals surface area contributed by atoms with Crippen LogP contribution in [0.1, 0.15) is 20.8 Å². The van der Waals surface area contributed by atoms with E-state index in [4.69, 9.17) is 0 Å². The summed E-state index contributed by atoms with van der Waals surface area (Å²) in [6, 6.07) is 0. The summed E-state index contributed by atoms with van der Waals surface area (Å²) in [5.74, 6) is -0.390. The predicted octanol–water partition coefficient (Wildman–Crippen LogP) is 0.472. The standard InChI is InChI=1S/C9H14N2O2/c1-9(2,3)7-8(13)11(4)5-6(12)10-7/h5H2,1-4H3. The van der Waals surface area contributed by atoms with Crippen LogP contribution in [0.15, 0.2) is 4.99 Å². The predicted molar refractivity (Wildman–Crippen MR) is 49.5 cm³/mol. The monoisotopic (exact) mass is 182 g/mol. The fraction of sp³-hybridized carbons (Fsp3) is 0.667. The lowest BCUT2D eigenvalue weighted by Crippen LogP contribution is -2.46. The van der Waals surface area contributed by atoms with Gasteiger partial charge in [-0.05, 0) is 0 Å². The lowest BCUT2D eigenvalue weighted by Gasteiger charge is -2.27. The summed E-state index contributed by atoms with van der Waals surface area (Å²) in [6.45, 7) is 5.71. The number of likely N-dealkylation sites (N-methyl/N-ethyl adjacent to an activating group) is 1. The van der Waals surface area contributed by atoms with Crippen LogP contribution in [0.4, 0.5) is 0 Å². The van der Waals surface area contributed by atoms with Gasteiger partial charge in [0.15, 0.2) is 0 Å². The largest absolute Gasteiger partial charge is 0.331 e. The molecule has 4 nitrogen and oxygen atoms in total. The molecule has 0 aromatic heterocycles. The number of hydrogen-bond acceptors (Lipinski definition) is 2. The molecule has 0 spiro atoms. The van der Waals surface area contributed by atoms with Gasteiger partial charge in [-0.25, -0.2) is 4.99 Å². The van der Waals surface area contributed by atoms with E-state index in [1.54, 1.807) is 7.05 Å². The van der Waals surface area contributed by atoms with E-state index in [1.165, 1.54) is 4.90 Å². The van der Waals surface area contributed by atoms with Crippen molar-refractivity contribution in [2.45, 2.75) is 20.8 Å². The van der Waals surface area contributed by atoms with Crippen LogP contribution in [-0.2, 0) is 9.59 Å². The first-order chi connectivity index (χ1) is 5.82. The van der Waals surface area contributed by atoms with Crippen LogP contribution in [0.3, 0.4) is 0 Å². The minimum absolute atomic E-state index is 0.0956. The SMILES string of the molecule is CN1CC(=O)N=C(C(C)(C)C)C1=O. The van der Waals surface area contributed by atoms with Crippen LogP contribution in [0.2, 0.25) is 0 Å². The van der Waals surface area contributed by atoms with Crippen molar-refractivity contribution in [2.24, 2.45) is 10.4 Å². The lowest BCUT2D eigenvalue weighted by molar-refractivity contribution is -0.130. The molecule has 0 aromatic rings. The molecule has 0 aliphatic carbocycles. The van der Waals surface area contributed by atoms with Gasteiger partial charge in [0, 0.05) is 12.5 Å². The highest BCUT2D eigenvalue weighted by Gasteiger charge is 2.32. The van der Waals surface area contributed by atoms with Gasteiger partial charge < -0.3 is 4.90 Å². The van der Waals surface area contributed by atoms with Gasteiger partial charge in [-0.1, -0.05) is 20.8 Å². The highest BCUT2D eigenvalue weighted by molar-refractivity contribution is 6.43. The highest BCUT2D eigenvalue weighted by Crippen LogP contribution is 2.19. The maximum atomic E-state index is 11.6. The normalized spacial score (nSPS) is 19.1. The van der Waals surface area contributed by atoms with E-state index in [9.17, 15) is 9.59 Å². The number of carbonyl (C=O) groups excluding carboxylic acids is 2. The van der Waals surface area contributed by atoms with Gasteiger partial charge in [-0.15, -0.1) is 0 Å². The average molecular weight is 182 g/mol. The Labute approximate surface area is 77.6 Å². The van der Waals surface area contributed by atoms with Crippen LogP contribution < -0.4 is 0 Å². The number of amides is 2. The molecular formula is C9H14N2O2. The molecule has 0 aromatic carbocycles. The second-order valence-electron chi connectivity index (χ2n) is 4.27. The third kappa shape index (κ3) is 1.94. The average Bonchev–Trinajstić information content (AvgIpc) is 1.94. The maximum absolute atomic E-state index is 11.6. The summed E-state index contributed by atoms with van der Waals surface area (Å²) in [7, 11) is 1.61. The maximum Gasteiger partial charge on any atom is 0.269 e. The molecule has 1 rings (SSSR count). The Hall–Kier alpha value is -1.19. The van der Waals surface area contributed by atoms with Crippen LogP contribution >= 0.6 is 0 Å². The Balaban J connectivity index is 3.07. The molecular weight excluding hydrogens is 168 g/mol. The van der Waals surface area contributed by atoms with Crippen LogP contribution in [0.25, 0.3) is 0 Å². The molecule has 1 aliphatic rings. The van der Waals surface area contributed by atoms with Gasteiger partial charge in [0.1, 0.15) is 12.3 Å². The van der Waals surface area contributed by atoms with Gasteiger partial charge in [0.05, 0.1) is 0 Å². The van der Waals surface area contributed by atoms with E-state index in [0.717, 1.165) is 0 Å². The van der Waals surface area contributed by atoms with Crippen molar-refractivity contribution in [2.75, 3.05) is 13.6 Å². The molecule has 0 saturated heterocycles. The molecule has 1 heterocycles. The topological polar surface area (TPSA) is 49.7 Å². The molecule has 0 fully saturated rings. The van der Waals surface area contributed by atoms with Crippen LogP contribution in [0, 0.1) is 5.41 Å². The zero-order valence-electron chi connectivity index (χ0n) is 8.42. The van der Waals surface area contributed by atoms with E-state index < -0.39 is 0 Å². The number of rotatable bonds is 0. The summed E-state index contributed by atoms with van der Waals surface area (Å²) < 4.78 is 0. The van der Waals surface area contributed by atoms with Gasteiger partial charge in [0.2, 0.25) is 0 Å². The molecule has 0 bridgehead atoms. The van der Waals surface area contributed by atoms with Gasteiger partial charge >= 0.3 is 0 Å². The number of nitrogens with zero attached hydrogens (tertiary/aromatic N) is 2. The van der Waals surface area contributed by atoms with E-state index in [0.29, 0.717) is 5.71 Å². The Bertz CT molecular complexity index is 286. The van der Waals surface area contributed by atoms with Crippen LogP contribution in [-0.4, -0.2) is 36.0 Å². The first-order valence-electron chi connectivity index (χ1n) is 4.20. The quantitative estimate of drug-likeness (QED) is 0.547. The Morgan fingerprint density at radius 2 is 1.85 bits per heavy atom. The van der Waals surface area contributed by atoms with Crippen molar-refractivity contribution >= 4 is 17.5 Å². The minimum atomic E-state index is -0.360. The fourth-order valence-electron chi connectivity index (χ4n) is 1.15. The molecule has 0 saturated carbocycles. The summed E-state index contributed by atoms with van der Waals surface area (Å²) in [4.78, 5) is 27.8. The van der Waals surface area contributed by atoms with Gasteiger partial charge in [0.25, 0.3) is 11.8 Å². The Morgan fingerprint density at radius 1 is 1.31 bits per heavy atom. The highest BCUT2D eigenvalue weighted by atomic mass is 16.2. The van der Waals surface area contributed by atoms with Crippen molar-refractivity contribution < 1.29 is 9.59 Å². The van der Waals surface area contributed by atoms with Crippen molar-refractivity contribution in [3.8, 4) is 0 Å². The molecule has 2 amide bonds. The smallest absolute Gasteiger partial charge is 0.269 e. The third-order valence-corrected chi connectivity index (χ3v) is 1.87. The van der Waals surface area contributed by atoms with Crippen molar-refractivity contribution in [3.05, 3.63) is 0 Å². The summed E-state index contributed by atoms with van der Waals surface area (Å²) in [6.07, 6.45) is 0. The number of aliphatic imine (C=N–C) groups is 1. The first kappa shape index (κ1) is 9.89. The minimum Gasteiger partial charge on any atom is -0.331 e. The third-order valence-electron chi connectivity index (χ3n) is 1.87. The molecule has 4 heteroatoms. The lowest BCUT2D eigenvalue weighted by atomic mass is 9.88. The fourth-order valence-corrected chi connectivity index (χ4v) is 1.15. The van der Waals surface area contributed by atoms with Gasteiger partial charge in [-0.3, -0.25) is 9.59 Å². The molecule has 0 N–H and O–H groups in total. The van der Waals surface area contributed by atoms with E-state index in [1.807, 2.05) is 20.8 Å². The van der Waals surface area contributed by atoms with E-state index in [-0.39, 0.29) is 23.8 Å². The molecule has 72 valence electrons. The first-order valence-corrected chi connectivity index (χ1v) is 4.20. The molecule has 0 radical (unpaired) electrons. The second-order valence-corrected chi connectivity index (χ2v) is 4.27. The molecule has 0 atom stereocenters. The number of hydrogen-bond donors (Lipinski definition) is 0. The molecule has 0 unspecified atom stereocenters.